The minimum absolute atomic E-state index is 0.0818. The number of benzene rings is 3. The lowest BCUT2D eigenvalue weighted by molar-refractivity contribution is -0.123. The molecule has 0 saturated heterocycles. The molecule has 0 aromatic heterocycles. The maximum atomic E-state index is 13.0. The molecule has 3 aromatic carbocycles. The highest BCUT2D eigenvalue weighted by atomic mass is 32.2. The minimum atomic E-state index is -3.76. The average molecular weight is 457 g/mol. The second-order valence-electron chi connectivity index (χ2n) is 7.58. The van der Waals surface area contributed by atoms with Crippen molar-refractivity contribution in [2.75, 3.05) is 11.3 Å². The summed E-state index contributed by atoms with van der Waals surface area (Å²) in [5.74, 6) is -0.333. The summed E-state index contributed by atoms with van der Waals surface area (Å²) in [4.78, 5) is 12.2. The van der Waals surface area contributed by atoms with Gasteiger partial charge in [-0.2, -0.15) is 0 Å². The Bertz CT molecular complexity index is 1170. The van der Waals surface area contributed by atoms with Crippen LogP contribution in [0.25, 0.3) is 0 Å². The molecule has 2 N–H and O–H groups in total. The number of halogens is 1. The van der Waals surface area contributed by atoms with Crippen LogP contribution in [0, 0.1) is 19.7 Å². The molecule has 1 atom stereocenters. The topological polar surface area (TPSA) is 84.5 Å². The van der Waals surface area contributed by atoms with Crippen LogP contribution in [0.3, 0.4) is 0 Å². The first-order chi connectivity index (χ1) is 15.1. The molecular formula is C24H25FN2O4S. The van der Waals surface area contributed by atoms with Gasteiger partial charge in [-0.3, -0.25) is 9.52 Å². The predicted octanol–water partition coefficient (Wildman–Crippen LogP) is 4.50. The van der Waals surface area contributed by atoms with E-state index in [4.69, 9.17) is 4.74 Å². The van der Waals surface area contributed by atoms with E-state index in [9.17, 15) is 17.6 Å². The Labute approximate surface area is 187 Å². The predicted molar refractivity (Wildman–Crippen MR) is 122 cm³/mol. The summed E-state index contributed by atoms with van der Waals surface area (Å²) in [6.07, 6.45) is 0. The largest absolute Gasteiger partial charge is 0.484 e. The van der Waals surface area contributed by atoms with Crippen LogP contribution in [0.15, 0.2) is 71.6 Å². The minimum Gasteiger partial charge on any atom is -0.484 e. The van der Waals surface area contributed by atoms with E-state index in [1.165, 1.54) is 36.4 Å². The summed E-state index contributed by atoms with van der Waals surface area (Å²) in [6, 6.07) is 16.9. The summed E-state index contributed by atoms with van der Waals surface area (Å²) in [5, 5.41) is 2.77. The summed E-state index contributed by atoms with van der Waals surface area (Å²) in [6.45, 7) is 5.34. The van der Waals surface area contributed by atoms with E-state index in [0.717, 1.165) is 16.7 Å². The standard InChI is InChI=1S/C24H25FN2O4S/c1-16-12-17(2)14-21(13-16)27-32(29,30)23-10-8-22(9-11-23)31-15-24(28)26-18(3)19-4-6-20(25)7-5-19/h4-14,18,27H,15H2,1-3H3,(H,26,28)/t18-/m0/s1. The molecule has 0 bridgehead atoms. The van der Waals surface area contributed by atoms with Gasteiger partial charge in [0.2, 0.25) is 0 Å². The first kappa shape index (κ1) is 23.3. The number of sulfonamides is 1. The molecule has 0 saturated carbocycles. The van der Waals surface area contributed by atoms with Crippen LogP contribution in [0.5, 0.6) is 5.75 Å². The van der Waals surface area contributed by atoms with Crippen LogP contribution in [-0.2, 0) is 14.8 Å². The van der Waals surface area contributed by atoms with Crippen molar-refractivity contribution >= 4 is 21.6 Å². The number of hydrogen-bond acceptors (Lipinski definition) is 4. The highest BCUT2D eigenvalue weighted by Crippen LogP contribution is 2.21. The van der Waals surface area contributed by atoms with Crippen molar-refractivity contribution in [2.45, 2.75) is 31.7 Å². The molecule has 0 fully saturated rings. The summed E-state index contributed by atoms with van der Waals surface area (Å²) in [5.41, 5.74) is 3.18. The van der Waals surface area contributed by atoms with Gasteiger partial charge in [-0.1, -0.05) is 18.2 Å². The molecule has 3 aromatic rings. The number of rotatable bonds is 8. The second-order valence-corrected chi connectivity index (χ2v) is 9.27. The maximum Gasteiger partial charge on any atom is 0.261 e. The number of ether oxygens (including phenoxy) is 1. The van der Waals surface area contributed by atoms with E-state index in [1.807, 2.05) is 19.9 Å². The number of nitrogens with one attached hydrogen (secondary N) is 2. The average Bonchev–Trinajstić information content (AvgIpc) is 2.72. The third-order valence-electron chi connectivity index (χ3n) is 4.73. The van der Waals surface area contributed by atoms with Crippen molar-refractivity contribution in [1.82, 2.24) is 5.32 Å². The van der Waals surface area contributed by atoms with Gasteiger partial charge in [0.05, 0.1) is 10.9 Å². The molecule has 0 aliphatic rings. The highest BCUT2D eigenvalue weighted by molar-refractivity contribution is 7.92. The Hall–Kier alpha value is -3.39. The SMILES string of the molecule is Cc1cc(C)cc(NS(=O)(=O)c2ccc(OCC(=O)N[C@@H](C)c3ccc(F)cc3)cc2)c1. The van der Waals surface area contributed by atoms with Crippen LogP contribution in [0.4, 0.5) is 10.1 Å². The van der Waals surface area contributed by atoms with Crippen LogP contribution in [0.2, 0.25) is 0 Å². The van der Waals surface area contributed by atoms with E-state index < -0.39 is 10.0 Å². The van der Waals surface area contributed by atoms with Crippen molar-refractivity contribution < 1.29 is 22.3 Å². The summed E-state index contributed by atoms with van der Waals surface area (Å²) >= 11 is 0. The Morgan fingerprint density at radius 3 is 2.16 bits per heavy atom. The zero-order chi connectivity index (χ0) is 23.3. The van der Waals surface area contributed by atoms with Gasteiger partial charge in [0, 0.05) is 5.69 Å². The van der Waals surface area contributed by atoms with Crippen LogP contribution in [0.1, 0.15) is 29.7 Å². The Morgan fingerprint density at radius 2 is 1.56 bits per heavy atom. The summed E-state index contributed by atoms with van der Waals surface area (Å²) < 4.78 is 46.3. The van der Waals surface area contributed by atoms with Crippen molar-refractivity contribution in [3.05, 3.63) is 89.2 Å². The van der Waals surface area contributed by atoms with Gasteiger partial charge in [0.25, 0.3) is 15.9 Å². The van der Waals surface area contributed by atoms with Gasteiger partial charge in [0.1, 0.15) is 11.6 Å². The molecule has 0 spiro atoms. The molecule has 6 nitrogen and oxygen atoms in total. The molecule has 0 aliphatic heterocycles. The van der Waals surface area contributed by atoms with E-state index in [1.54, 1.807) is 31.2 Å². The third kappa shape index (κ3) is 6.31. The van der Waals surface area contributed by atoms with Crippen molar-refractivity contribution in [2.24, 2.45) is 0 Å². The van der Waals surface area contributed by atoms with E-state index in [2.05, 4.69) is 10.0 Å². The molecule has 1 amide bonds. The lowest BCUT2D eigenvalue weighted by Gasteiger charge is -2.15. The quantitative estimate of drug-likeness (QED) is 0.523. The second kappa shape index (κ2) is 9.82. The fourth-order valence-electron chi connectivity index (χ4n) is 3.23. The zero-order valence-electron chi connectivity index (χ0n) is 18.1. The molecule has 32 heavy (non-hydrogen) atoms. The summed E-state index contributed by atoms with van der Waals surface area (Å²) in [7, 11) is -3.76. The Morgan fingerprint density at radius 1 is 0.969 bits per heavy atom. The number of anilines is 1. The van der Waals surface area contributed by atoms with Crippen LogP contribution in [-0.4, -0.2) is 20.9 Å². The number of hydrogen-bond donors (Lipinski definition) is 2. The molecule has 0 radical (unpaired) electrons. The lowest BCUT2D eigenvalue weighted by Crippen LogP contribution is -2.31. The fourth-order valence-corrected chi connectivity index (χ4v) is 4.27. The first-order valence-corrected chi connectivity index (χ1v) is 11.5. The van der Waals surface area contributed by atoms with Crippen LogP contribution < -0.4 is 14.8 Å². The molecular weight excluding hydrogens is 431 g/mol. The highest BCUT2D eigenvalue weighted by Gasteiger charge is 2.15. The van der Waals surface area contributed by atoms with Gasteiger partial charge < -0.3 is 10.1 Å². The smallest absolute Gasteiger partial charge is 0.261 e. The number of carbonyl (C=O) groups excluding carboxylic acids is 1. The molecule has 8 heteroatoms. The fraction of sp³-hybridized carbons (Fsp3) is 0.208. The van der Waals surface area contributed by atoms with Gasteiger partial charge in [-0.25, -0.2) is 12.8 Å². The van der Waals surface area contributed by atoms with E-state index in [-0.39, 0.29) is 29.3 Å². The normalized spacial score (nSPS) is 12.1. The molecule has 3 rings (SSSR count). The molecule has 0 aliphatic carbocycles. The zero-order valence-corrected chi connectivity index (χ0v) is 18.9. The van der Waals surface area contributed by atoms with Gasteiger partial charge in [-0.05, 0) is 86.0 Å². The lowest BCUT2D eigenvalue weighted by atomic mass is 10.1. The van der Waals surface area contributed by atoms with Crippen LogP contribution >= 0.6 is 0 Å². The number of amides is 1. The van der Waals surface area contributed by atoms with Crippen molar-refractivity contribution in [3.63, 3.8) is 0 Å². The van der Waals surface area contributed by atoms with Gasteiger partial charge >= 0.3 is 0 Å². The van der Waals surface area contributed by atoms with Gasteiger partial charge in [0.15, 0.2) is 6.61 Å². The molecule has 0 unspecified atom stereocenters. The number of aryl methyl sites for hydroxylation is 2. The Balaban J connectivity index is 1.56. The van der Waals surface area contributed by atoms with E-state index >= 15 is 0 Å². The van der Waals surface area contributed by atoms with Crippen molar-refractivity contribution in [3.8, 4) is 5.75 Å². The van der Waals surface area contributed by atoms with E-state index in [0.29, 0.717) is 11.4 Å². The monoisotopic (exact) mass is 456 g/mol. The van der Waals surface area contributed by atoms with Crippen molar-refractivity contribution in [1.29, 1.82) is 0 Å². The Kier molecular flexibility index (Phi) is 7.15. The number of carbonyl (C=O) groups is 1. The molecule has 0 heterocycles. The van der Waals surface area contributed by atoms with Gasteiger partial charge in [-0.15, -0.1) is 0 Å². The first-order valence-electron chi connectivity index (χ1n) is 10.0. The molecule has 168 valence electrons. The maximum absolute atomic E-state index is 13.0. The third-order valence-corrected chi connectivity index (χ3v) is 6.12.